The molecule has 1 atom stereocenters. The fraction of sp³-hybridized carbons (Fsp3) is 0.583. The van der Waals surface area contributed by atoms with Gasteiger partial charge in [0.25, 0.3) is 0 Å². The summed E-state index contributed by atoms with van der Waals surface area (Å²) in [7, 11) is 0. The molecule has 1 fully saturated rings. The van der Waals surface area contributed by atoms with E-state index in [1.54, 1.807) is 0 Å². The van der Waals surface area contributed by atoms with Crippen LogP contribution in [0.3, 0.4) is 0 Å². The standard InChI is InChI=1S/C12H17NO/c1-4-10-7-8(2)12(13-9(10)3)11-5-6-14-11/h7,11H,4-6H2,1-3H3. The van der Waals surface area contributed by atoms with Gasteiger partial charge in [-0.25, -0.2) is 0 Å². The molecule has 0 N–H and O–H groups in total. The van der Waals surface area contributed by atoms with Crippen LogP contribution in [0.15, 0.2) is 6.07 Å². The highest BCUT2D eigenvalue weighted by Gasteiger charge is 2.23. The number of ether oxygens (including phenoxy) is 1. The Morgan fingerprint density at radius 2 is 2.21 bits per heavy atom. The normalized spacial score (nSPS) is 20.6. The van der Waals surface area contributed by atoms with E-state index >= 15 is 0 Å². The van der Waals surface area contributed by atoms with Gasteiger partial charge in [-0.3, -0.25) is 4.98 Å². The molecule has 0 aliphatic carbocycles. The van der Waals surface area contributed by atoms with E-state index in [9.17, 15) is 0 Å². The smallest absolute Gasteiger partial charge is 0.102 e. The molecular weight excluding hydrogens is 174 g/mol. The molecule has 2 nitrogen and oxygen atoms in total. The SMILES string of the molecule is CCc1cc(C)c(C2CCO2)nc1C. The maximum atomic E-state index is 5.46. The third-order valence-electron chi connectivity index (χ3n) is 2.93. The third-order valence-corrected chi connectivity index (χ3v) is 2.93. The van der Waals surface area contributed by atoms with E-state index in [2.05, 4.69) is 31.8 Å². The van der Waals surface area contributed by atoms with E-state index in [4.69, 9.17) is 4.74 Å². The van der Waals surface area contributed by atoms with Crippen molar-refractivity contribution in [2.75, 3.05) is 6.61 Å². The van der Waals surface area contributed by atoms with Crippen molar-refractivity contribution < 1.29 is 4.74 Å². The summed E-state index contributed by atoms with van der Waals surface area (Å²) in [5, 5.41) is 0. The lowest BCUT2D eigenvalue weighted by atomic mass is 10.0. The minimum absolute atomic E-state index is 0.264. The number of rotatable bonds is 2. The molecule has 0 saturated carbocycles. The second-order valence-corrected chi connectivity index (χ2v) is 3.94. The van der Waals surface area contributed by atoms with Crippen molar-refractivity contribution in [2.45, 2.75) is 39.7 Å². The fourth-order valence-corrected chi connectivity index (χ4v) is 1.92. The maximum absolute atomic E-state index is 5.46. The van der Waals surface area contributed by atoms with Gasteiger partial charge in [0.15, 0.2) is 0 Å². The summed E-state index contributed by atoms with van der Waals surface area (Å²) in [6, 6.07) is 2.25. The highest BCUT2D eigenvalue weighted by Crippen LogP contribution is 2.30. The third kappa shape index (κ3) is 1.55. The van der Waals surface area contributed by atoms with Crippen LogP contribution >= 0.6 is 0 Å². The summed E-state index contributed by atoms with van der Waals surface area (Å²) in [6.45, 7) is 7.27. The van der Waals surface area contributed by atoms with Gasteiger partial charge in [0.1, 0.15) is 6.10 Å². The minimum Gasteiger partial charge on any atom is -0.372 e. The van der Waals surface area contributed by atoms with Crippen LogP contribution in [0.4, 0.5) is 0 Å². The number of aryl methyl sites for hydroxylation is 3. The van der Waals surface area contributed by atoms with E-state index < -0.39 is 0 Å². The largest absolute Gasteiger partial charge is 0.372 e. The molecule has 0 bridgehead atoms. The molecule has 0 aromatic carbocycles. The first-order valence-corrected chi connectivity index (χ1v) is 5.31. The van der Waals surface area contributed by atoms with E-state index in [1.165, 1.54) is 11.1 Å². The topological polar surface area (TPSA) is 22.1 Å². The molecule has 1 saturated heterocycles. The summed E-state index contributed by atoms with van der Waals surface area (Å²) in [5.41, 5.74) is 4.93. The Morgan fingerprint density at radius 1 is 1.50 bits per heavy atom. The molecule has 76 valence electrons. The van der Waals surface area contributed by atoms with Crippen molar-refractivity contribution in [1.82, 2.24) is 4.98 Å². The molecular formula is C12H17NO. The van der Waals surface area contributed by atoms with Gasteiger partial charge in [0.05, 0.1) is 12.3 Å². The lowest BCUT2D eigenvalue weighted by molar-refractivity contribution is -0.0557. The van der Waals surface area contributed by atoms with Gasteiger partial charge in [-0.1, -0.05) is 13.0 Å². The summed E-state index contributed by atoms with van der Waals surface area (Å²) in [5.74, 6) is 0. The van der Waals surface area contributed by atoms with Crippen LogP contribution in [0.25, 0.3) is 0 Å². The van der Waals surface area contributed by atoms with Crippen LogP contribution in [-0.2, 0) is 11.2 Å². The number of hydrogen-bond donors (Lipinski definition) is 0. The average Bonchev–Trinajstić information content (AvgIpc) is 2.08. The van der Waals surface area contributed by atoms with Crippen LogP contribution in [0.1, 0.15) is 42.0 Å². The second kappa shape index (κ2) is 3.70. The molecule has 1 aliphatic heterocycles. The quantitative estimate of drug-likeness (QED) is 0.717. The van der Waals surface area contributed by atoms with E-state index in [1.807, 2.05) is 0 Å². The predicted molar refractivity (Wildman–Crippen MR) is 56.4 cm³/mol. The first-order valence-electron chi connectivity index (χ1n) is 5.31. The monoisotopic (exact) mass is 191 g/mol. The summed E-state index contributed by atoms with van der Waals surface area (Å²) in [4.78, 5) is 4.64. The van der Waals surface area contributed by atoms with Gasteiger partial charge in [-0.2, -0.15) is 0 Å². The number of aromatic nitrogens is 1. The van der Waals surface area contributed by atoms with Crippen molar-refractivity contribution in [1.29, 1.82) is 0 Å². The highest BCUT2D eigenvalue weighted by molar-refractivity contribution is 5.31. The Balaban J connectivity index is 2.36. The summed E-state index contributed by atoms with van der Waals surface area (Å²) in [6.07, 6.45) is 2.45. The van der Waals surface area contributed by atoms with Crippen molar-refractivity contribution in [3.8, 4) is 0 Å². The van der Waals surface area contributed by atoms with Crippen molar-refractivity contribution in [3.63, 3.8) is 0 Å². The van der Waals surface area contributed by atoms with Crippen LogP contribution in [-0.4, -0.2) is 11.6 Å². The molecule has 1 aromatic heterocycles. The second-order valence-electron chi connectivity index (χ2n) is 3.94. The first-order chi connectivity index (χ1) is 6.72. The Bertz CT molecular complexity index is 342. The van der Waals surface area contributed by atoms with E-state index in [-0.39, 0.29) is 6.10 Å². The average molecular weight is 191 g/mol. The van der Waals surface area contributed by atoms with Gasteiger partial charge in [0.2, 0.25) is 0 Å². The van der Waals surface area contributed by atoms with Gasteiger partial charge in [-0.15, -0.1) is 0 Å². The Morgan fingerprint density at radius 3 is 2.71 bits per heavy atom. The molecule has 1 unspecified atom stereocenters. The predicted octanol–water partition coefficient (Wildman–Crippen LogP) is 2.72. The van der Waals surface area contributed by atoms with E-state index in [0.29, 0.717) is 0 Å². The van der Waals surface area contributed by atoms with Gasteiger partial charge in [0, 0.05) is 12.1 Å². The summed E-state index contributed by atoms with van der Waals surface area (Å²) < 4.78 is 5.46. The molecule has 0 radical (unpaired) electrons. The van der Waals surface area contributed by atoms with Crippen LogP contribution in [0, 0.1) is 13.8 Å². The Kier molecular flexibility index (Phi) is 2.55. The minimum atomic E-state index is 0.264. The zero-order valence-corrected chi connectivity index (χ0v) is 9.13. The van der Waals surface area contributed by atoms with Gasteiger partial charge >= 0.3 is 0 Å². The highest BCUT2D eigenvalue weighted by atomic mass is 16.5. The zero-order chi connectivity index (χ0) is 10.1. The Hall–Kier alpha value is -0.890. The van der Waals surface area contributed by atoms with Crippen LogP contribution in [0.5, 0.6) is 0 Å². The molecule has 1 aliphatic rings. The Labute approximate surface area is 85.3 Å². The molecule has 0 spiro atoms. The van der Waals surface area contributed by atoms with E-state index in [0.717, 1.165) is 30.8 Å². The molecule has 2 heterocycles. The van der Waals surface area contributed by atoms with Gasteiger partial charge in [-0.05, 0) is 31.4 Å². The molecule has 2 heteroatoms. The summed E-state index contributed by atoms with van der Waals surface area (Å²) >= 11 is 0. The molecule has 14 heavy (non-hydrogen) atoms. The number of nitrogens with zero attached hydrogens (tertiary/aromatic N) is 1. The van der Waals surface area contributed by atoms with Crippen LogP contribution < -0.4 is 0 Å². The lowest BCUT2D eigenvalue weighted by Gasteiger charge is -2.27. The zero-order valence-electron chi connectivity index (χ0n) is 9.13. The first kappa shape index (κ1) is 9.66. The molecule has 0 amide bonds. The van der Waals surface area contributed by atoms with Gasteiger partial charge < -0.3 is 4.74 Å². The lowest BCUT2D eigenvalue weighted by Crippen LogP contribution is -2.21. The van der Waals surface area contributed by atoms with Crippen molar-refractivity contribution in [2.24, 2.45) is 0 Å². The maximum Gasteiger partial charge on any atom is 0.102 e. The molecule has 1 aromatic rings. The van der Waals surface area contributed by atoms with Crippen molar-refractivity contribution >= 4 is 0 Å². The van der Waals surface area contributed by atoms with Crippen molar-refractivity contribution in [3.05, 3.63) is 28.6 Å². The van der Waals surface area contributed by atoms with Crippen LogP contribution in [0.2, 0.25) is 0 Å². The number of hydrogen-bond acceptors (Lipinski definition) is 2. The molecule has 2 rings (SSSR count). The number of pyridine rings is 1. The fourth-order valence-electron chi connectivity index (χ4n) is 1.92.